The molecule has 0 radical (unpaired) electrons. The molecule has 25 heavy (non-hydrogen) atoms. The van der Waals surface area contributed by atoms with E-state index in [1.54, 1.807) is 26.1 Å². The van der Waals surface area contributed by atoms with Crippen LogP contribution in [0.4, 0.5) is 0 Å². The van der Waals surface area contributed by atoms with Crippen molar-refractivity contribution in [1.82, 2.24) is 20.5 Å². The predicted octanol–water partition coefficient (Wildman–Crippen LogP) is 2.03. The summed E-state index contributed by atoms with van der Waals surface area (Å²) in [5.41, 5.74) is 1.60. The Hall–Kier alpha value is -2.70. The topological polar surface area (TPSA) is 97.0 Å². The summed E-state index contributed by atoms with van der Waals surface area (Å²) in [5.74, 6) is 0.117. The molecular formula is C18H22N4O3. The summed E-state index contributed by atoms with van der Waals surface area (Å²) in [5, 5.41) is 8.99. The zero-order chi connectivity index (χ0) is 17.8. The SMILES string of the molecule is Cc1n[nH]c(=O)c(C(=O)NCc2cccnc2OC2CCCC2)c1C. The Labute approximate surface area is 145 Å². The lowest BCUT2D eigenvalue weighted by molar-refractivity contribution is 0.0947. The number of ether oxygens (including phenoxy) is 1. The predicted molar refractivity (Wildman–Crippen MR) is 92.6 cm³/mol. The normalized spacial score (nSPS) is 14.5. The van der Waals surface area contributed by atoms with E-state index in [9.17, 15) is 9.59 Å². The van der Waals surface area contributed by atoms with Gasteiger partial charge in [0.05, 0.1) is 5.69 Å². The Morgan fingerprint density at radius 2 is 2.12 bits per heavy atom. The van der Waals surface area contributed by atoms with Crippen molar-refractivity contribution in [2.75, 3.05) is 0 Å². The van der Waals surface area contributed by atoms with Crippen molar-refractivity contribution >= 4 is 5.91 Å². The van der Waals surface area contributed by atoms with Gasteiger partial charge in [-0.1, -0.05) is 6.07 Å². The average molecular weight is 342 g/mol. The fraction of sp³-hybridized carbons (Fsp3) is 0.444. The fourth-order valence-corrected chi connectivity index (χ4v) is 2.99. The maximum Gasteiger partial charge on any atom is 0.277 e. The van der Waals surface area contributed by atoms with Crippen molar-refractivity contribution in [3.05, 3.63) is 51.1 Å². The van der Waals surface area contributed by atoms with Crippen LogP contribution in [0, 0.1) is 13.8 Å². The molecule has 0 atom stereocenters. The van der Waals surface area contributed by atoms with Gasteiger partial charge in [-0.05, 0) is 51.2 Å². The molecule has 132 valence electrons. The zero-order valence-corrected chi connectivity index (χ0v) is 14.5. The Morgan fingerprint density at radius 3 is 2.88 bits per heavy atom. The number of aryl methyl sites for hydroxylation is 1. The van der Waals surface area contributed by atoms with Crippen LogP contribution in [-0.2, 0) is 6.54 Å². The van der Waals surface area contributed by atoms with E-state index < -0.39 is 11.5 Å². The Balaban J connectivity index is 1.73. The van der Waals surface area contributed by atoms with Gasteiger partial charge in [0, 0.05) is 18.3 Å². The van der Waals surface area contributed by atoms with Gasteiger partial charge in [-0.2, -0.15) is 5.10 Å². The fourth-order valence-electron chi connectivity index (χ4n) is 2.99. The molecule has 2 heterocycles. The number of rotatable bonds is 5. The van der Waals surface area contributed by atoms with Gasteiger partial charge in [0.25, 0.3) is 11.5 Å². The third kappa shape index (κ3) is 3.87. The van der Waals surface area contributed by atoms with Crippen molar-refractivity contribution in [3.8, 4) is 5.88 Å². The zero-order valence-electron chi connectivity index (χ0n) is 14.5. The maximum absolute atomic E-state index is 12.4. The number of nitrogens with one attached hydrogen (secondary N) is 2. The van der Waals surface area contributed by atoms with Gasteiger partial charge in [-0.25, -0.2) is 10.1 Å². The molecule has 0 unspecified atom stereocenters. The number of aromatic nitrogens is 3. The van der Waals surface area contributed by atoms with E-state index in [1.807, 2.05) is 6.07 Å². The highest BCUT2D eigenvalue weighted by molar-refractivity contribution is 5.95. The van der Waals surface area contributed by atoms with Crippen LogP contribution in [0.2, 0.25) is 0 Å². The Morgan fingerprint density at radius 1 is 1.36 bits per heavy atom. The Kier molecular flexibility index (Phi) is 5.11. The van der Waals surface area contributed by atoms with Gasteiger partial charge in [0.1, 0.15) is 11.7 Å². The van der Waals surface area contributed by atoms with E-state index in [4.69, 9.17) is 4.74 Å². The number of pyridine rings is 1. The van der Waals surface area contributed by atoms with Gasteiger partial charge in [0.2, 0.25) is 5.88 Å². The molecule has 3 rings (SSSR count). The molecular weight excluding hydrogens is 320 g/mol. The van der Waals surface area contributed by atoms with E-state index in [-0.39, 0.29) is 18.2 Å². The summed E-state index contributed by atoms with van der Waals surface area (Å²) < 4.78 is 5.97. The van der Waals surface area contributed by atoms with Crippen molar-refractivity contribution in [2.45, 2.75) is 52.2 Å². The van der Waals surface area contributed by atoms with Crippen LogP contribution in [0.1, 0.15) is 52.9 Å². The van der Waals surface area contributed by atoms with Gasteiger partial charge >= 0.3 is 0 Å². The standard InChI is InChI=1S/C18H22N4O3/c1-11-12(2)21-22-17(24)15(11)16(23)20-10-13-6-5-9-19-18(13)25-14-7-3-4-8-14/h5-6,9,14H,3-4,7-8,10H2,1-2H3,(H,20,23)(H,22,24). The molecule has 0 saturated heterocycles. The highest BCUT2D eigenvalue weighted by Crippen LogP contribution is 2.25. The summed E-state index contributed by atoms with van der Waals surface area (Å²) >= 11 is 0. The monoisotopic (exact) mass is 342 g/mol. The number of hydrogen-bond acceptors (Lipinski definition) is 5. The molecule has 7 heteroatoms. The van der Waals surface area contributed by atoms with Gasteiger partial charge in [-0.15, -0.1) is 0 Å². The number of carbonyl (C=O) groups is 1. The van der Waals surface area contributed by atoms with Crippen molar-refractivity contribution in [2.24, 2.45) is 0 Å². The first-order valence-corrected chi connectivity index (χ1v) is 8.51. The summed E-state index contributed by atoms with van der Waals surface area (Å²) in [6.45, 7) is 3.71. The minimum Gasteiger partial charge on any atom is -0.474 e. The molecule has 2 aromatic heterocycles. The van der Waals surface area contributed by atoms with Crippen molar-refractivity contribution in [3.63, 3.8) is 0 Å². The lowest BCUT2D eigenvalue weighted by Gasteiger charge is -2.15. The average Bonchev–Trinajstić information content (AvgIpc) is 3.11. The summed E-state index contributed by atoms with van der Waals surface area (Å²) in [6, 6.07) is 3.67. The molecule has 0 spiro atoms. The van der Waals surface area contributed by atoms with Crippen molar-refractivity contribution < 1.29 is 9.53 Å². The largest absolute Gasteiger partial charge is 0.474 e. The molecule has 2 aromatic rings. The second-order valence-electron chi connectivity index (χ2n) is 6.31. The molecule has 1 aliphatic carbocycles. The number of nitrogens with zero attached hydrogens (tertiary/aromatic N) is 2. The molecule has 0 aliphatic heterocycles. The minimum absolute atomic E-state index is 0.0923. The molecule has 1 saturated carbocycles. The smallest absolute Gasteiger partial charge is 0.277 e. The molecule has 7 nitrogen and oxygen atoms in total. The maximum atomic E-state index is 12.4. The Bertz CT molecular complexity index is 825. The lowest BCUT2D eigenvalue weighted by Crippen LogP contribution is -2.31. The third-order valence-corrected chi connectivity index (χ3v) is 4.57. The van der Waals surface area contributed by atoms with E-state index in [0.29, 0.717) is 17.1 Å². The first kappa shape index (κ1) is 17.1. The van der Waals surface area contributed by atoms with Crippen LogP contribution in [0.15, 0.2) is 23.1 Å². The van der Waals surface area contributed by atoms with Crippen LogP contribution in [0.25, 0.3) is 0 Å². The van der Waals surface area contributed by atoms with Gasteiger partial charge in [-0.3, -0.25) is 9.59 Å². The summed E-state index contributed by atoms with van der Waals surface area (Å²) in [6.07, 6.45) is 6.29. The summed E-state index contributed by atoms with van der Waals surface area (Å²) in [4.78, 5) is 28.7. The van der Waals surface area contributed by atoms with Crippen LogP contribution in [0.3, 0.4) is 0 Å². The lowest BCUT2D eigenvalue weighted by atomic mass is 10.1. The molecule has 0 bridgehead atoms. The number of aromatic amines is 1. The molecule has 2 N–H and O–H groups in total. The number of hydrogen-bond donors (Lipinski definition) is 2. The van der Waals surface area contributed by atoms with Crippen LogP contribution < -0.4 is 15.6 Å². The molecule has 1 aliphatic rings. The number of H-pyrrole nitrogens is 1. The van der Waals surface area contributed by atoms with Crippen LogP contribution in [-0.4, -0.2) is 27.2 Å². The van der Waals surface area contributed by atoms with E-state index in [2.05, 4.69) is 20.5 Å². The number of amides is 1. The van der Waals surface area contributed by atoms with E-state index >= 15 is 0 Å². The van der Waals surface area contributed by atoms with E-state index in [0.717, 1.165) is 18.4 Å². The molecule has 1 amide bonds. The second kappa shape index (κ2) is 7.46. The van der Waals surface area contributed by atoms with Crippen LogP contribution in [0.5, 0.6) is 5.88 Å². The van der Waals surface area contributed by atoms with Gasteiger partial charge < -0.3 is 10.1 Å². The highest BCUT2D eigenvalue weighted by atomic mass is 16.5. The summed E-state index contributed by atoms with van der Waals surface area (Å²) in [7, 11) is 0. The van der Waals surface area contributed by atoms with Crippen LogP contribution >= 0.6 is 0 Å². The number of carbonyl (C=O) groups excluding carboxylic acids is 1. The van der Waals surface area contributed by atoms with Gasteiger partial charge in [0.15, 0.2) is 0 Å². The molecule has 1 fully saturated rings. The minimum atomic E-state index is -0.491. The second-order valence-corrected chi connectivity index (χ2v) is 6.31. The first-order chi connectivity index (χ1) is 12.1. The highest BCUT2D eigenvalue weighted by Gasteiger charge is 2.20. The first-order valence-electron chi connectivity index (χ1n) is 8.51. The van der Waals surface area contributed by atoms with Crippen molar-refractivity contribution in [1.29, 1.82) is 0 Å². The molecule has 0 aromatic carbocycles. The van der Waals surface area contributed by atoms with E-state index in [1.165, 1.54) is 12.8 Å². The third-order valence-electron chi connectivity index (χ3n) is 4.57. The quantitative estimate of drug-likeness (QED) is 0.866.